The SMILES string of the molecule is C[C@@H]1C[C@H]1Nc1cnn(CC(=O)O)c(=O)c1Br.O=C(O)C(F)(F)F. The van der Waals surface area contributed by atoms with E-state index in [0.717, 1.165) is 11.1 Å². The number of carbonyl (C=O) groups is 2. The molecule has 0 unspecified atom stereocenters. The fourth-order valence-electron chi connectivity index (χ4n) is 1.53. The molecule has 2 rings (SSSR count). The maximum Gasteiger partial charge on any atom is 0.490 e. The lowest BCUT2D eigenvalue weighted by Crippen LogP contribution is -2.28. The summed E-state index contributed by atoms with van der Waals surface area (Å²) in [5.41, 5.74) is 0.177. The molecule has 134 valence electrons. The average Bonchev–Trinajstić information content (AvgIpc) is 3.13. The lowest BCUT2D eigenvalue weighted by Gasteiger charge is -2.08. The number of carboxylic acid groups (broad SMARTS) is 2. The largest absolute Gasteiger partial charge is 0.490 e. The second-order valence-corrected chi connectivity index (χ2v) is 5.79. The number of carboxylic acids is 2. The van der Waals surface area contributed by atoms with Crippen LogP contribution < -0.4 is 10.9 Å². The first-order valence-electron chi connectivity index (χ1n) is 6.47. The lowest BCUT2D eigenvalue weighted by molar-refractivity contribution is -0.192. The van der Waals surface area contributed by atoms with E-state index in [4.69, 9.17) is 15.0 Å². The van der Waals surface area contributed by atoms with Gasteiger partial charge in [-0.3, -0.25) is 9.59 Å². The van der Waals surface area contributed by atoms with Crippen LogP contribution in [0.5, 0.6) is 0 Å². The van der Waals surface area contributed by atoms with Gasteiger partial charge < -0.3 is 15.5 Å². The van der Waals surface area contributed by atoms with Crippen LogP contribution in [0.1, 0.15) is 13.3 Å². The van der Waals surface area contributed by atoms with E-state index in [1.54, 1.807) is 0 Å². The summed E-state index contributed by atoms with van der Waals surface area (Å²) in [6.07, 6.45) is -2.54. The molecule has 1 heterocycles. The number of alkyl halides is 3. The Bertz CT molecular complexity index is 691. The highest BCUT2D eigenvalue weighted by atomic mass is 79.9. The molecule has 0 aliphatic heterocycles. The first kappa shape index (κ1) is 19.9. The third kappa shape index (κ3) is 5.83. The molecule has 0 bridgehead atoms. The first-order chi connectivity index (χ1) is 10.9. The van der Waals surface area contributed by atoms with Gasteiger partial charge >= 0.3 is 18.1 Å². The second-order valence-electron chi connectivity index (χ2n) is 5.00. The van der Waals surface area contributed by atoms with Gasteiger partial charge in [0.1, 0.15) is 11.0 Å². The van der Waals surface area contributed by atoms with Crippen LogP contribution >= 0.6 is 15.9 Å². The summed E-state index contributed by atoms with van der Waals surface area (Å²) in [6, 6.07) is 0.378. The molecule has 1 aliphatic carbocycles. The highest BCUT2D eigenvalue weighted by Crippen LogP contribution is 2.33. The van der Waals surface area contributed by atoms with Crippen molar-refractivity contribution in [2.45, 2.75) is 32.1 Å². The van der Waals surface area contributed by atoms with E-state index in [2.05, 4.69) is 33.3 Å². The summed E-state index contributed by atoms with van der Waals surface area (Å²) < 4.78 is 33.0. The van der Waals surface area contributed by atoms with Crippen molar-refractivity contribution in [3.8, 4) is 0 Å². The minimum atomic E-state index is -5.08. The van der Waals surface area contributed by atoms with Crippen LogP contribution in [0.2, 0.25) is 0 Å². The molecule has 0 amide bonds. The highest BCUT2D eigenvalue weighted by molar-refractivity contribution is 9.10. The van der Waals surface area contributed by atoms with Crippen LogP contribution in [0, 0.1) is 5.92 Å². The molecule has 12 heteroatoms. The molecular formula is C12H13BrF3N3O5. The van der Waals surface area contributed by atoms with Gasteiger partial charge in [-0.1, -0.05) is 6.92 Å². The zero-order chi connectivity index (χ0) is 18.7. The summed E-state index contributed by atoms with van der Waals surface area (Å²) in [5, 5.41) is 22.7. The maximum absolute atomic E-state index is 11.8. The predicted octanol–water partition coefficient (Wildman–Crippen LogP) is 1.54. The van der Waals surface area contributed by atoms with E-state index >= 15 is 0 Å². The van der Waals surface area contributed by atoms with Crippen molar-refractivity contribution in [2.75, 3.05) is 5.32 Å². The standard InChI is InChI=1S/C10H12BrN3O3.C2HF3O2/c1-5-2-6(5)13-7-3-12-14(4-8(15)16)10(17)9(7)11;3-2(4,5)1(6)7/h3,5-6,13H,2,4H2,1H3,(H,15,16);(H,6,7)/t5-,6-;/m1./s1. The third-order valence-electron chi connectivity index (χ3n) is 2.96. The zero-order valence-corrected chi connectivity index (χ0v) is 13.8. The molecule has 8 nitrogen and oxygen atoms in total. The molecule has 0 saturated heterocycles. The van der Waals surface area contributed by atoms with Gasteiger partial charge in [-0.15, -0.1) is 0 Å². The highest BCUT2D eigenvalue weighted by Gasteiger charge is 2.38. The Kier molecular flexibility index (Phi) is 6.35. The van der Waals surface area contributed by atoms with Crippen LogP contribution in [0.15, 0.2) is 15.5 Å². The Morgan fingerprint density at radius 1 is 1.46 bits per heavy atom. The van der Waals surface area contributed by atoms with Gasteiger partial charge in [0.05, 0.1) is 11.9 Å². The zero-order valence-electron chi connectivity index (χ0n) is 12.2. The summed E-state index contributed by atoms with van der Waals surface area (Å²) in [4.78, 5) is 31.2. The quantitative estimate of drug-likeness (QED) is 0.681. The molecule has 2 atom stereocenters. The number of rotatable bonds is 4. The van der Waals surface area contributed by atoms with E-state index in [9.17, 15) is 22.8 Å². The minimum absolute atomic E-state index is 0.327. The Morgan fingerprint density at radius 3 is 2.33 bits per heavy atom. The lowest BCUT2D eigenvalue weighted by atomic mass is 10.4. The van der Waals surface area contributed by atoms with Crippen LogP contribution in [0.4, 0.5) is 18.9 Å². The molecule has 0 radical (unpaired) electrons. The van der Waals surface area contributed by atoms with Crippen LogP contribution in [-0.2, 0) is 16.1 Å². The molecule has 0 aromatic carbocycles. The molecule has 1 fully saturated rings. The number of aliphatic carboxylic acids is 2. The van der Waals surface area contributed by atoms with Crippen molar-refractivity contribution in [2.24, 2.45) is 5.92 Å². The van der Waals surface area contributed by atoms with Gasteiger partial charge in [-0.05, 0) is 28.3 Å². The predicted molar refractivity (Wildman–Crippen MR) is 78.7 cm³/mol. The number of nitrogens with zero attached hydrogens (tertiary/aromatic N) is 2. The van der Waals surface area contributed by atoms with Gasteiger partial charge in [-0.2, -0.15) is 18.3 Å². The van der Waals surface area contributed by atoms with E-state index in [0.29, 0.717) is 22.1 Å². The molecule has 1 aromatic heterocycles. The Balaban J connectivity index is 0.000000351. The topological polar surface area (TPSA) is 122 Å². The monoisotopic (exact) mass is 415 g/mol. The molecular weight excluding hydrogens is 403 g/mol. The van der Waals surface area contributed by atoms with E-state index in [1.807, 2.05) is 0 Å². The van der Waals surface area contributed by atoms with E-state index in [-0.39, 0.29) is 0 Å². The summed E-state index contributed by atoms with van der Waals surface area (Å²) in [5.74, 6) is -3.25. The number of nitrogens with one attached hydrogen (secondary N) is 1. The molecule has 1 aromatic rings. The smallest absolute Gasteiger partial charge is 0.480 e. The van der Waals surface area contributed by atoms with Gasteiger partial charge in [0.2, 0.25) is 0 Å². The fourth-order valence-corrected chi connectivity index (χ4v) is 1.95. The fraction of sp³-hybridized carbons (Fsp3) is 0.500. The Hall–Kier alpha value is -2.11. The van der Waals surface area contributed by atoms with Crippen molar-refractivity contribution < 1.29 is 33.0 Å². The van der Waals surface area contributed by atoms with Crippen molar-refractivity contribution in [3.05, 3.63) is 21.0 Å². The normalized spacial score (nSPS) is 19.0. The van der Waals surface area contributed by atoms with Gasteiger partial charge in [0, 0.05) is 6.04 Å². The number of halogens is 4. The van der Waals surface area contributed by atoms with Crippen molar-refractivity contribution >= 4 is 33.6 Å². The minimum Gasteiger partial charge on any atom is -0.480 e. The molecule has 1 saturated carbocycles. The van der Waals surface area contributed by atoms with E-state index < -0.39 is 30.2 Å². The summed E-state index contributed by atoms with van der Waals surface area (Å²) in [7, 11) is 0. The number of anilines is 1. The number of aromatic nitrogens is 2. The molecule has 0 spiro atoms. The number of hydrogen-bond acceptors (Lipinski definition) is 5. The van der Waals surface area contributed by atoms with Gasteiger partial charge in [0.15, 0.2) is 0 Å². The summed E-state index contributed by atoms with van der Waals surface area (Å²) >= 11 is 3.17. The maximum atomic E-state index is 11.8. The van der Waals surface area contributed by atoms with Gasteiger partial charge in [0.25, 0.3) is 5.56 Å². The molecule has 3 N–H and O–H groups in total. The third-order valence-corrected chi connectivity index (χ3v) is 3.73. The van der Waals surface area contributed by atoms with Crippen LogP contribution in [0.3, 0.4) is 0 Å². The molecule has 1 aliphatic rings. The average molecular weight is 416 g/mol. The Labute approximate surface area is 141 Å². The first-order valence-corrected chi connectivity index (χ1v) is 7.26. The Morgan fingerprint density at radius 2 is 1.96 bits per heavy atom. The van der Waals surface area contributed by atoms with Crippen molar-refractivity contribution in [3.63, 3.8) is 0 Å². The van der Waals surface area contributed by atoms with Crippen molar-refractivity contribution in [1.29, 1.82) is 0 Å². The van der Waals surface area contributed by atoms with Gasteiger partial charge in [-0.25, -0.2) is 9.48 Å². The van der Waals surface area contributed by atoms with Crippen LogP contribution in [-0.4, -0.2) is 44.2 Å². The summed E-state index contributed by atoms with van der Waals surface area (Å²) in [6.45, 7) is 1.68. The number of hydrogen-bond donors (Lipinski definition) is 3. The van der Waals surface area contributed by atoms with Crippen molar-refractivity contribution in [1.82, 2.24) is 9.78 Å². The molecule has 24 heavy (non-hydrogen) atoms. The van der Waals surface area contributed by atoms with E-state index in [1.165, 1.54) is 6.20 Å². The second kappa shape index (κ2) is 7.64. The van der Waals surface area contributed by atoms with Crippen LogP contribution in [0.25, 0.3) is 0 Å².